The number of phenolic OH excluding ortho intramolecular Hbond substituents is 1. The van der Waals surface area contributed by atoms with Crippen molar-refractivity contribution in [3.63, 3.8) is 0 Å². The summed E-state index contributed by atoms with van der Waals surface area (Å²) in [6, 6.07) is 42.2. The monoisotopic (exact) mass is 897 g/mol. The first kappa shape index (κ1) is 35.0. The van der Waals surface area contributed by atoms with Crippen LogP contribution in [-0.2, 0) is 16.2 Å². The van der Waals surface area contributed by atoms with E-state index in [9.17, 15) is 7.85 Å². The molecular formula is C63H71N3O. The highest BCUT2D eigenvalue weighted by Crippen LogP contribution is 2.47. The molecule has 4 heteroatoms. The van der Waals surface area contributed by atoms with Gasteiger partial charge in [-0.3, -0.25) is 9.55 Å². The van der Waals surface area contributed by atoms with Gasteiger partial charge in [0.1, 0.15) is 11.6 Å². The Morgan fingerprint density at radius 1 is 0.552 bits per heavy atom. The van der Waals surface area contributed by atoms with Crippen molar-refractivity contribution >= 4 is 11.0 Å². The molecule has 0 fully saturated rings. The van der Waals surface area contributed by atoms with Gasteiger partial charge in [0, 0.05) is 38.0 Å². The SMILES string of the molecule is [2H]C(C)(C)c1cc(-c2nc3c(-c4cc(-c5cc(-c6ccc(C(C([2H])([2H])[2H])(C([2H])([2H])[2H])C([2H])([2H])[2H])cc6)ccn5)cc(C(C)(C)C)c4)cccc3n2-c2ccc(C(C)(C)C(C)(C)C)cc2-c2ccccc2)c(O)c(C([2H])(C)C)c1. The fourth-order valence-corrected chi connectivity index (χ4v) is 8.68. The molecule has 6 aromatic carbocycles. The van der Waals surface area contributed by atoms with Gasteiger partial charge in [-0.05, 0) is 132 Å². The molecule has 8 rings (SSSR count). The minimum Gasteiger partial charge on any atom is -0.507 e. The maximum absolute atomic E-state index is 12.5. The Bertz CT molecular complexity index is 3510. The predicted molar refractivity (Wildman–Crippen MR) is 286 cm³/mol. The van der Waals surface area contributed by atoms with Gasteiger partial charge in [0.05, 0.1) is 28.0 Å². The van der Waals surface area contributed by atoms with Crippen LogP contribution in [0.4, 0.5) is 0 Å². The molecule has 344 valence electrons. The largest absolute Gasteiger partial charge is 0.507 e. The summed E-state index contributed by atoms with van der Waals surface area (Å²) in [5.74, 6) is -1.98. The van der Waals surface area contributed by atoms with E-state index in [1.54, 1.807) is 58.2 Å². The quantitative estimate of drug-likeness (QED) is 0.157. The third kappa shape index (κ3) is 9.12. The van der Waals surface area contributed by atoms with Crippen molar-refractivity contribution < 1.29 is 20.2 Å². The summed E-state index contributed by atoms with van der Waals surface area (Å²) in [6.45, 7) is 14.6. The first-order valence-electron chi connectivity index (χ1n) is 28.6. The number of phenols is 1. The second kappa shape index (κ2) is 17.4. The standard InChI is InChI=1S/C63H71N3O/c1-39(2)44-35-51(40(3)4)58(67)53(36-44)59-65-57-50(22-19-23-56(57)66(59)55-29-28-48(63(14,15)62(11,12)13)38-52(55)42-20-17-16-18-21-42)45-32-46(34-49(33-45)61(8,9)10)54-37-43(30-31-64-54)41-24-26-47(27-25-41)60(5,6)7/h16-40,67H,1-15H3/i5D3,6D3,7D3,39D,40D. The summed E-state index contributed by atoms with van der Waals surface area (Å²) in [5, 5.41) is 12.5. The minimum absolute atomic E-state index is 0.0865. The van der Waals surface area contributed by atoms with E-state index < -0.39 is 37.8 Å². The number of benzene rings is 6. The number of hydrogen-bond acceptors (Lipinski definition) is 3. The van der Waals surface area contributed by atoms with Gasteiger partial charge in [-0.1, -0.05) is 189 Å². The number of aromatic nitrogens is 3. The fourth-order valence-electron chi connectivity index (χ4n) is 8.68. The van der Waals surface area contributed by atoms with E-state index in [0.29, 0.717) is 44.9 Å². The van der Waals surface area contributed by atoms with Crippen LogP contribution in [0.3, 0.4) is 0 Å². The number of pyridine rings is 1. The molecule has 4 nitrogen and oxygen atoms in total. The summed E-state index contributed by atoms with van der Waals surface area (Å²) in [7, 11) is 0. The van der Waals surface area contributed by atoms with E-state index >= 15 is 0 Å². The van der Waals surface area contributed by atoms with Gasteiger partial charge in [0.25, 0.3) is 0 Å². The first-order chi connectivity index (χ1) is 35.8. The highest BCUT2D eigenvalue weighted by molar-refractivity contribution is 5.98. The van der Waals surface area contributed by atoms with Crippen LogP contribution in [-0.4, -0.2) is 19.6 Å². The van der Waals surface area contributed by atoms with Crippen LogP contribution in [0, 0.1) is 5.41 Å². The van der Waals surface area contributed by atoms with Crippen LogP contribution in [0.1, 0.15) is 158 Å². The van der Waals surface area contributed by atoms with Crippen LogP contribution in [0.15, 0.2) is 140 Å². The molecule has 0 saturated carbocycles. The van der Waals surface area contributed by atoms with Gasteiger partial charge >= 0.3 is 0 Å². The van der Waals surface area contributed by atoms with Crippen LogP contribution >= 0.6 is 0 Å². The van der Waals surface area contributed by atoms with Gasteiger partial charge in [-0.15, -0.1) is 0 Å². The van der Waals surface area contributed by atoms with Gasteiger partial charge in [-0.2, -0.15) is 0 Å². The molecule has 8 aromatic rings. The van der Waals surface area contributed by atoms with E-state index in [-0.39, 0.29) is 27.6 Å². The number of hydrogen-bond donors (Lipinski definition) is 1. The van der Waals surface area contributed by atoms with Gasteiger partial charge in [0.15, 0.2) is 0 Å². The molecule has 2 aromatic heterocycles. The zero-order chi connectivity index (χ0) is 57.7. The maximum atomic E-state index is 12.5. The van der Waals surface area contributed by atoms with E-state index in [0.717, 1.165) is 50.1 Å². The molecule has 0 aliphatic carbocycles. The number of nitrogens with zero attached hydrogens (tertiary/aromatic N) is 3. The second-order valence-corrected chi connectivity index (χ2v) is 21.1. The molecule has 0 radical (unpaired) electrons. The van der Waals surface area contributed by atoms with Crippen molar-refractivity contribution in [2.45, 2.75) is 132 Å². The van der Waals surface area contributed by atoms with E-state index in [1.165, 1.54) is 12.1 Å². The molecule has 0 saturated heterocycles. The number of aromatic hydroxyl groups is 1. The maximum Gasteiger partial charge on any atom is 0.149 e. The summed E-state index contributed by atoms with van der Waals surface area (Å²) < 4.78 is 94.6. The number of para-hydroxylation sites is 1. The molecule has 0 atom stereocenters. The molecule has 0 aliphatic rings. The van der Waals surface area contributed by atoms with Crippen LogP contribution < -0.4 is 0 Å². The number of rotatable bonds is 9. The third-order valence-corrected chi connectivity index (χ3v) is 13.9. The van der Waals surface area contributed by atoms with E-state index in [4.69, 9.17) is 22.3 Å². The Morgan fingerprint density at radius 2 is 1.24 bits per heavy atom. The van der Waals surface area contributed by atoms with Crippen molar-refractivity contribution in [1.29, 1.82) is 0 Å². The minimum atomic E-state index is -3.38. The lowest BCUT2D eigenvalue weighted by atomic mass is 9.65. The lowest BCUT2D eigenvalue weighted by Gasteiger charge is -2.40. The van der Waals surface area contributed by atoms with Crippen molar-refractivity contribution in [2.75, 3.05) is 0 Å². The van der Waals surface area contributed by atoms with Gasteiger partial charge in [-0.25, -0.2) is 4.98 Å². The van der Waals surface area contributed by atoms with Crippen molar-refractivity contribution in [3.05, 3.63) is 167 Å². The average molecular weight is 897 g/mol. The fraction of sp³-hybridized carbons (Fsp3) is 0.333. The Morgan fingerprint density at radius 3 is 1.88 bits per heavy atom. The molecule has 0 spiro atoms. The molecule has 0 aliphatic heterocycles. The van der Waals surface area contributed by atoms with E-state index in [2.05, 4.69) is 108 Å². The Balaban J connectivity index is 1.39. The lowest BCUT2D eigenvalue weighted by Crippen LogP contribution is -2.34. The summed E-state index contributed by atoms with van der Waals surface area (Å²) in [5.41, 5.74) is 7.91. The topological polar surface area (TPSA) is 50.9 Å². The van der Waals surface area contributed by atoms with E-state index in [1.807, 2.05) is 48.5 Å². The molecule has 1 N–H and O–H groups in total. The predicted octanol–water partition coefficient (Wildman–Crippen LogP) is 17.6. The summed E-state index contributed by atoms with van der Waals surface area (Å²) in [4.78, 5) is 10.4. The van der Waals surface area contributed by atoms with Gasteiger partial charge < -0.3 is 5.11 Å². The van der Waals surface area contributed by atoms with Crippen molar-refractivity contribution in [3.8, 4) is 67.5 Å². The Kier molecular flexibility index (Phi) is 9.10. The summed E-state index contributed by atoms with van der Waals surface area (Å²) >= 11 is 0. The highest BCUT2D eigenvalue weighted by atomic mass is 16.3. The molecule has 2 heterocycles. The average Bonchev–Trinajstić information content (AvgIpc) is 3.89. The zero-order valence-corrected chi connectivity index (χ0v) is 41.1. The second-order valence-electron chi connectivity index (χ2n) is 21.1. The molecular weight excluding hydrogens is 815 g/mol. The third-order valence-electron chi connectivity index (χ3n) is 13.9. The zero-order valence-electron chi connectivity index (χ0n) is 52.1. The number of fused-ring (bicyclic) bond motifs is 1. The summed E-state index contributed by atoms with van der Waals surface area (Å²) in [6.07, 6.45) is 1.66. The van der Waals surface area contributed by atoms with Gasteiger partial charge in [0.2, 0.25) is 0 Å². The molecule has 0 amide bonds. The Hall–Kier alpha value is -6.26. The number of imidazole rings is 1. The smallest absolute Gasteiger partial charge is 0.149 e. The molecule has 0 bridgehead atoms. The van der Waals surface area contributed by atoms with Crippen molar-refractivity contribution in [2.24, 2.45) is 5.41 Å². The van der Waals surface area contributed by atoms with Crippen molar-refractivity contribution in [1.82, 2.24) is 14.5 Å². The molecule has 0 unspecified atom stereocenters. The van der Waals surface area contributed by atoms with Crippen LogP contribution in [0.5, 0.6) is 5.75 Å². The highest BCUT2D eigenvalue weighted by Gasteiger charge is 2.35. The molecule has 67 heavy (non-hydrogen) atoms. The lowest BCUT2D eigenvalue weighted by molar-refractivity contribution is 0.225. The first-order valence-corrected chi connectivity index (χ1v) is 23.1. The van der Waals surface area contributed by atoms with Crippen LogP contribution in [0.25, 0.3) is 72.7 Å². The van der Waals surface area contributed by atoms with Crippen LogP contribution in [0.2, 0.25) is 0 Å². The normalized spacial score (nSPS) is 16.0. The Labute approximate surface area is 416 Å².